The van der Waals surface area contributed by atoms with Gasteiger partial charge in [0.05, 0.1) is 12.8 Å². The first-order valence-corrected chi connectivity index (χ1v) is 7.40. The zero-order chi connectivity index (χ0) is 15.2. The molecule has 1 N–H and O–H groups in total. The van der Waals surface area contributed by atoms with Gasteiger partial charge in [0.1, 0.15) is 5.75 Å². The number of aromatic nitrogens is 2. The van der Waals surface area contributed by atoms with Crippen LogP contribution in [-0.4, -0.2) is 30.5 Å². The van der Waals surface area contributed by atoms with Gasteiger partial charge in [-0.15, -0.1) is 0 Å². The van der Waals surface area contributed by atoms with Gasteiger partial charge in [-0.3, -0.25) is 4.68 Å². The molecule has 0 aliphatic rings. The summed E-state index contributed by atoms with van der Waals surface area (Å²) in [6.45, 7) is 3.01. The topological polar surface area (TPSA) is 39.1 Å². The number of nitrogens with zero attached hydrogens (tertiary/aromatic N) is 2. The molecule has 1 heterocycles. The van der Waals surface area contributed by atoms with E-state index in [0.717, 1.165) is 30.8 Å². The third kappa shape index (κ3) is 4.08. The average molecular weight is 287 g/mol. The smallest absolute Gasteiger partial charge is 0.122 e. The van der Waals surface area contributed by atoms with Crippen LogP contribution in [0, 0.1) is 12.8 Å². The highest BCUT2D eigenvalue weighted by molar-refractivity contribution is 5.33. The van der Waals surface area contributed by atoms with Crippen LogP contribution in [0.15, 0.2) is 30.3 Å². The van der Waals surface area contributed by atoms with E-state index in [4.69, 9.17) is 4.74 Å². The Morgan fingerprint density at radius 2 is 2.05 bits per heavy atom. The molecule has 0 saturated carbocycles. The fourth-order valence-electron chi connectivity index (χ4n) is 2.84. The quantitative estimate of drug-likeness (QED) is 0.849. The van der Waals surface area contributed by atoms with E-state index in [1.165, 1.54) is 11.3 Å². The molecule has 2 rings (SSSR count). The lowest BCUT2D eigenvalue weighted by molar-refractivity contribution is 0.400. The van der Waals surface area contributed by atoms with Crippen molar-refractivity contribution in [1.82, 2.24) is 15.1 Å². The molecule has 0 fully saturated rings. The summed E-state index contributed by atoms with van der Waals surface area (Å²) in [5.74, 6) is 1.49. The van der Waals surface area contributed by atoms with Gasteiger partial charge in [-0.05, 0) is 57.0 Å². The Labute approximate surface area is 127 Å². The second-order valence-electron chi connectivity index (χ2n) is 5.54. The summed E-state index contributed by atoms with van der Waals surface area (Å²) in [5, 5.41) is 7.74. The zero-order valence-electron chi connectivity index (χ0n) is 13.4. The van der Waals surface area contributed by atoms with Crippen LogP contribution in [0.1, 0.15) is 17.0 Å². The van der Waals surface area contributed by atoms with Gasteiger partial charge in [-0.2, -0.15) is 5.10 Å². The van der Waals surface area contributed by atoms with Crippen LogP contribution < -0.4 is 10.1 Å². The third-order valence-corrected chi connectivity index (χ3v) is 3.79. The van der Waals surface area contributed by atoms with E-state index < -0.39 is 0 Å². The maximum absolute atomic E-state index is 5.46. The highest BCUT2D eigenvalue weighted by Gasteiger charge is 2.15. The second kappa shape index (κ2) is 7.27. The largest absolute Gasteiger partial charge is 0.496 e. The van der Waals surface area contributed by atoms with Crippen LogP contribution in [0.4, 0.5) is 0 Å². The molecule has 1 aromatic heterocycles. The highest BCUT2D eigenvalue weighted by Crippen LogP contribution is 2.22. The fourth-order valence-corrected chi connectivity index (χ4v) is 2.84. The monoisotopic (exact) mass is 287 g/mol. The normalized spacial score (nSPS) is 12.4. The number of nitrogens with one attached hydrogen (secondary N) is 1. The van der Waals surface area contributed by atoms with Crippen molar-refractivity contribution in [2.24, 2.45) is 13.0 Å². The van der Waals surface area contributed by atoms with Gasteiger partial charge >= 0.3 is 0 Å². The molecule has 0 aliphatic heterocycles. The molecule has 0 bridgehead atoms. The van der Waals surface area contributed by atoms with E-state index in [-0.39, 0.29) is 0 Å². The molecule has 0 aliphatic carbocycles. The minimum Gasteiger partial charge on any atom is -0.496 e. The number of hydrogen-bond acceptors (Lipinski definition) is 3. The van der Waals surface area contributed by atoms with Crippen LogP contribution in [0.2, 0.25) is 0 Å². The molecular weight excluding hydrogens is 262 g/mol. The van der Waals surface area contributed by atoms with E-state index in [1.54, 1.807) is 7.11 Å². The van der Waals surface area contributed by atoms with Gasteiger partial charge in [0.2, 0.25) is 0 Å². The number of para-hydroxylation sites is 1. The molecule has 0 saturated heterocycles. The summed E-state index contributed by atoms with van der Waals surface area (Å²) in [4.78, 5) is 0. The zero-order valence-corrected chi connectivity index (χ0v) is 13.4. The molecular formula is C17H25N3O. The number of ether oxygens (including phenoxy) is 1. The first kappa shape index (κ1) is 15.6. The standard InChI is InChI=1S/C17H25N3O/c1-13-9-16(20(3)19-13)11-14(12-18-2)10-15-7-5-6-8-17(15)21-4/h5-9,14,18H,10-12H2,1-4H3. The average Bonchev–Trinajstić information content (AvgIpc) is 2.77. The Kier molecular flexibility index (Phi) is 5.39. The van der Waals surface area contributed by atoms with E-state index in [0.29, 0.717) is 5.92 Å². The van der Waals surface area contributed by atoms with Crippen LogP contribution in [0.25, 0.3) is 0 Å². The van der Waals surface area contributed by atoms with Crippen LogP contribution in [0.5, 0.6) is 5.75 Å². The maximum Gasteiger partial charge on any atom is 0.122 e. The van der Waals surface area contributed by atoms with E-state index in [1.807, 2.05) is 37.8 Å². The molecule has 1 aromatic carbocycles. The molecule has 21 heavy (non-hydrogen) atoms. The summed E-state index contributed by atoms with van der Waals surface area (Å²) in [6, 6.07) is 10.4. The minimum atomic E-state index is 0.515. The molecule has 0 amide bonds. The van der Waals surface area contributed by atoms with E-state index in [2.05, 4.69) is 28.6 Å². The van der Waals surface area contributed by atoms with Gasteiger partial charge in [-0.1, -0.05) is 18.2 Å². The number of aryl methyl sites for hydroxylation is 2. The Morgan fingerprint density at radius 1 is 1.29 bits per heavy atom. The summed E-state index contributed by atoms with van der Waals surface area (Å²) < 4.78 is 7.45. The van der Waals surface area contributed by atoms with Gasteiger partial charge in [0, 0.05) is 12.7 Å². The predicted molar refractivity (Wildman–Crippen MR) is 85.8 cm³/mol. The molecule has 0 spiro atoms. The molecule has 114 valence electrons. The molecule has 4 nitrogen and oxygen atoms in total. The van der Waals surface area contributed by atoms with Crippen LogP contribution in [-0.2, 0) is 19.9 Å². The van der Waals surface area contributed by atoms with E-state index >= 15 is 0 Å². The van der Waals surface area contributed by atoms with Crippen molar-refractivity contribution in [1.29, 1.82) is 0 Å². The van der Waals surface area contributed by atoms with E-state index in [9.17, 15) is 0 Å². The Morgan fingerprint density at radius 3 is 2.67 bits per heavy atom. The SMILES string of the molecule is CNCC(Cc1ccccc1OC)Cc1cc(C)nn1C. The number of benzene rings is 1. The Hall–Kier alpha value is -1.81. The van der Waals surface area contributed by atoms with Crippen LogP contribution >= 0.6 is 0 Å². The second-order valence-corrected chi connectivity index (χ2v) is 5.54. The number of methoxy groups -OCH3 is 1. The lowest BCUT2D eigenvalue weighted by Crippen LogP contribution is -2.23. The maximum atomic E-state index is 5.46. The predicted octanol–water partition coefficient (Wildman–Crippen LogP) is 2.36. The van der Waals surface area contributed by atoms with Crippen molar-refractivity contribution in [2.45, 2.75) is 19.8 Å². The van der Waals surface area contributed by atoms with Gasteiger partial charge < -0.3 is 10.1 Å². The highest BCUT2D eigenvalue weighted by atomic mass is 16.5. The van der Waals surface area contributed by atoms with Crippen molar-refractivity contribution in [2.75, 3.05) is 20.7 Å². The Bertz CT molecular complexity index is 577. The first-order valence-electron chi connectivity index (χ1n) is 7.40. The minimum absolute atomic E-state index is 0.515. The van der Waals surface area contributed by atoms with Crippen molar-refractivity contribution < 1.29 is 4.74 Å². The number of hydrogen-bond donors (Lipinski definition) is 1. The fraction of sp³-hybridized carbons (Fsp3) is 0.471. The molecule has 0 radical (unpaired) electrons. The van der Waals surface area contributed by atoms with Crippen molar-refractivity contribution in [3.8, 4) is 5.75 Å². The lowest BCUT2D eigenvalue weighted by atomic mass is 9.94. The Balaban J connectivity index is 2.13. The van der Waals surface area contributed by atoms with Crippen LogP contribution in [0.3, 0.4) is 0 Å². The van der Waals surface area contributed by atoms with Gasteiger partial charge in [-0.25, -0.2) is 0 Å². The van der Waals surface area contributed by atoms with Gasteiger partial charge in [0.15, 0.2) is 0 Å². The molecule has 1 atom stereocenters. The molecule has 1 unspecified atom stereocenters. The lowest BCUT2D eigenvalue weighted by Gasteiger charge is -2.18. The summed E-state index contributed by atoms with van der Waals surface area (Å²) in [7, 11) is 5.75. The van der Waals surface area contributed by atoms with Crippen molar-refractivity contribution >= 4 is 0 Å². The summed E-state index contributed by atoms with van der Waals surface area (Å²) in [5.41, 5.74) is 3.62. The third-order valence-electron chi connectivity index (χ3n) is 3.79. The molecule has 2 aromatic rings. The van der Waals surface area contributed by atoms with Gasteiger partial charge in [0.25, 0.3) is 0 Å². The van der Waals surface area contributed by atoms with Crippen molar-refractivity contribution in [3.05, 3.63) is 47.3 Å². The summed E-state index contributed by atoms with van der Waals surface area (Å²) in [6.07, 6.45) is 2.01. The molecule has 4 heteroatoms. The first-order chi connectivity index (χ1) is 10.1. The summed E-state index contributed by atoms with van der Waals surface area (Å²) >= 11 is 0. The number of rotatable bonds is 7. The van der Waals surface area contributed by atoms with Crippen molar-refractivity contribution in [3.63, 3.8) is 0 Å².